The van der Waals surface area contributed by atoms with Crippen LogP contribution in [0.15, 0.2) is 12.1 Å². The maximum Gasteiger partial charge on any atom is 0.300 e. The van der Waals surface area contributed by atoms with E-state index >= 15 is 0 Å². The zero-order valence-electron chi connectivity index (χ0n) is 6.98. The van der Waals surface area contributed by atoms with E-state index in [1.165, 1.54) is 11.3 Å². The fraction of sp³-hybridized carbons (Fsp3) is 0.167. The summed E-state index contributed by atoms with van der Waals surface area (Å²) >= 11 is 1.29. The molecule has 1 rings (SSSR count). The van der Waals surface area contributed by atoms with Crippen molar-refractivity contribution >= 4 is 24.8 Å². The van der Waals surface area contributed by atoms with Crippen LogP contribution in [0, 0.1) is 6.92 Å². The molecule has 0 aromatic carbocycles. The maximum absolute atomic E-state index is 11.2. The summed E-state index contributed by atoms with van der Waals surface area (Å²) in [5, 5.41) is 2.03. The molecule has 0 aliphatic heterocycles. The fourth-order valence-electron chi connectivity index (χ4n) is 0.770. The summed E-state index contributed by atoms with van der Waals surface area (Å²) in [4.78, 5) is 12.7. The Morgan fingerprint density at radius 1 is 1.54 bits per heavy atom. The third-order valence-corrected chi connectivity index (χ3v) is 2.79. The summed E-state index contributed by atoms with van der Waals surface area (Å²) in [6, 6.07) is 3.42. The molecule has 7 heteroatoms. The van der Waals surface area contributed by atoms with Gasteiger partial charge in [0.1, 0.15) is 0 Å². The minimum Gasteiger partial charge on any atom is -0.279 e. The third-order valence-electron chi connectivity index (χ3n) is 1.24. The fourth-order valence-corrected chi connectivity index (χ4v) is 2.05. The van der Waals surface area contributed by atoms with Crippen molar-refractivity contribution in [2.45, 2.75) is 6.92 Å². The molecule has 5 N–H and O–H groups in total. The zero-order valence-corrected chi connectivity index (χ0v) is 8.69. The summed E-state index contributed by atoms with van der Waals surface area (Å²) < 4.78 is 10.8. The summed E-state index contributed by atoms with van der Waals surface area (Å²) in [7, 11) is -3.47. The van der Waals surface area contributed by atoms with Gasteiger partial charge in [-0.25, -0.2) is 0 Å². The van der Waals surface area contributed by atoms with Crippen molar-refractivity contribution in [2.75, 3.05) is 0 Å². The second-order valence-electron chi connectivity index (χ2n) is 2.56. The molecule has 1 amide bonds. The highest BCUT2D eigenvalue weighted by Crippen LogP contribution is 2.21. The van der Waals surface area contributed by atoms with Gasteiger partial charge in [0.05, 0.1) is 4.88 Å². The van der Waals surface area contributed by atoms with Crippen molar-refractivity contribution in [3.8, 4) is 0 Å². The first kappa shape index (κ1) is 10.4. The Morgan fingerprint density at radius 2 is 2.15 bits per heavy atom. The van der Waals surface area contributed by atoms with Crippen LogP contribution in [0.25, 0.3) is 0 Å². The van der Waals surface area contributed by atoms with Crippen LogP contribution < -0.4 is 16.1 Å². The molecule has 13 heavy (non-hydrogen) atoms. The number of rotatable bonds is 2. The minimum atomic E-state index is -3.47. The van der Waals surface area contributed by atoms with Gasteiger partial charge in [0.2, 0.25) is 0 Å². The molecular weight excluding hydrogens is 209 g/mol. The average Bonchev–Trinajstić information content (AvgIpc) is 2.31. The second-order valence-corrected chi connectivity index (χ2v) is 5.49. The molecule has 0 bridgehead atoms. The van der Waals surface area contributed by atoms with E-state index in [0.29, 0.717) is 4.88 Å². The van der Waals surface area contributed by atoms with Crippen molar-refractivity contribution in [1.29, 1.82) is 0 Å². The van der Waals surface area contributed by atoms with Crippen LogP contribution >= 0.6 is 18.9 Å². The van der Waals surface area contributed by atoms with E-state index in [9.17, 15) is 9.36 Å². The predicted octanol–water partition coefficient (Wildman–Crippen LogP) is 0.812. The van der Waals surface area contributed by atoms with Crippen molar-refractivity contribution in [3.63, 3.8) is 0 Å². The van der Waals surface area contributed by atoms with Gasteiger partial charge in [-0.05, 0) is 19.1 Å². The standard InChI is InChI=1S/C6H10N3O2PS/c1-4-2-3-5(13-4)6(10)9-12(7,8)11/h2-3H,1H3,(H5,7,8,9,10,11). The lowest BCUT2D eigenvalue weighted by molar-refractivity contribution is 0.0984. The lowest BCUT2D eigenvalue weighted by Gasteiger charge is -2.06. The summed E-state index contributed by atoms with van der Waals surface area (Å²) in [6.07, 6.45) is 0. The predicted molar refractivity (Wildman–Crippen MR) is 52.5 cm³/mol. The van der Waals surface area contributed by atoms with Crippen molar-refractivity contribution < 1.29 is 9.36 Å². The van der Waals surface area contributed by atoms with E-state index in [4.69, 9.17) is 11.0 Å². The molecule has 0 atom stereocenters. The number of thiophene rings is 1. The highest BCUT2D eigenvalue weighted by molar-refractivity contribution is 7.57. The normalized spacial score (nSPS) is 11.3. The lowest BCUT2D eigenvalue weighted by atomic mass is 10.4. The van der Waals surface area contributed by atoms with Gasteiger partial charge in [-0.1, -0.05) is 0 Å². The molecule has 5 nitrogen and oxygen atoms in total. The summed E-state index contributed by atoms with van der Waals surface area (Å²) in [5.74, 6) is -0.494. The van der Waals surface area contributed by atoms with Crippen molar-refractivity contribution in [1.82, 2.24) is 5.09 Å². The van der Waals surface area contributed by atoms with Gasteiger partial charge >= 0.3 is 7.59 Å². The molecule has 0 unspecified atom stereocenters. The Hall–Kier alpha value is -0.680. The van der Waals surface area contributed by atoms with E-state index in [2.05, 4.69) is 0 Å². The lowest BCUT2D eigenvalue weighted by Crippen LogP contribution is -2.27. The third kappa shape index (κ3) is 3.28. The Kier molecular flexibility index (Phi) is 2.87. The first-order valence-electron chi connectivity index (χ1n) is 3.45. The molecule has 72 valence electrons. The SMILES string of the molecule is Cc1ccc(C(=O)NP(N)(N)=O)s1. The van der Waals surface area contributed by atoms with Gasteiger partial charge in [-0.3, -0.25) is 25.5 Å². The van der Waals surface area contributed by atoms with E-state index in [-0.39, 0.29) is 0 Å². The number of aryl methyl sites for hydroxylation is 1. The molecule has 0 radical (unpaired) electrons. The van der Waals surface area contributed by atoms with Crippen LogP contribution in [-0.2, 0) is 4.57 Å². The number of amides is 1. The van der Waals surface area contributed by atoms with Crippen LogP contribution in [0.4, 0.5) is 0 Å². The summed E-state index contributed by atoms with van der Waals surface area (Å²) in [5.41, 5.74) is 9.97. The number of hydrogen-bond acceptors (Lipinski definition) is 3. The van der Waals surface area contributed by atoms with Crippen LogP contribution in [0.5, 0.6) is 0 Å². The molecule has 0 fully saturated rings. The molecule has 0 aliphatic carbocycles. The highest BCUT2D eigenvalue weighted by Gasteiger charge is 2.15. The van der Waals surface area contributed by atoms with Crippen LogP contribution in [0.2, 0.25) is 0 Å². The largest absolute Gasteiger partial charge is 0.300 e. The van der Waals surface area contributed by atoms with Gasteiger partial charge in [0.25, 0.3) is 5.91 Å². The number of hydrogen-bond donors (Lipinski definition) is 3. The van der Waals surface area contributed by atoms with Gasteiger partial charge in [-0.2, -0.15) is 0 Å². The maximum atomic E-state index is 11.2. The van der Waals surface area contributed by atoms with E-state index in [1.54, 1.807) is 12.1 Å². The highest BCUT2D eigenvalue weighted by atomic mass is 32.1. The number of carbonyl (C=O) groups excluding carboxylic acids is 1. The van der Waals surface area contributed by atoms with E-state index in [0.717, 1.165) is 4.88 Å². The van der Waals surface area contributed by atoms with Crippen LogP contribution in [-0.4, -0.2) is 5.91 Å². The van der Waals surface area contributed by atoms with Crippen LogP contribution in [0.1, 0.15) is 14.5 Å². The molecule has 0 spiro atoms. The van der Waals surface area contributed by atoms with Crippen molar-refractivity contribution in [2.24, 2.45) is 11.0 Å². The smallest absolute Gasteiger partial charge is 0.279 e. The molecule has 1 aromatic heterocycles. The molecular formula is C6H10N3O2PS. The van der Waals surface area contributed by atoms with Crippen molar-refractivity contribution in [3.05, 3.63) is 21.9 Å². The monoisotopic (exact) mass is 219 g/mol. The average molecular weight is 219 g/mol. The Bertz CT molecular complexity index is 370. The Morgan fingerprint density at radius 3 is 2.54 bits per heavy atom. The minimum absolute atomic E-state index is 0.452. The Balaban J connectivity index is 2.75. The Labute approximate surface area is 79.7 Å². The van der Waals surface area contributed by atoms with Crippen LogP contribution in [0.3, 0.4) is 0 Å². The van der Waals surface area contributed by atoms with E-state index in [1.807, 2.05) is 12.0 Å². The molecule has 1 aromatic rings. The first-order valence-corrected chi connectivity index (χ1v) is 6.11. The molecule has 1 heterocycles. The van der Waals surface area contributed by atoms with Gasteiger partial charge in [-0.15, -0.1) is 11.3 Å². The van der Waals surface area contributed by atoms with Gasteiger partial charge in [0, 0.05) is 4.88 Å². The van der Waals surface area contributed by atoms with Gasteiger partial charge in [0.15, 0.2) is 0 Å². The number of carbonyl (C=O) groups is 1. The first-order chi connectivity index (χ1) is 5.88. The quantitative estimate of drug-likeness (QED) is 0.641. The van der Waals surface area contributed by atoms with Gasteiger partial charge < -0.3 is 0 Å². The van der Waals surface area contributed by atoms with E-state index < -0.39 is 13.5 Å². The molecule has 0 aliphatic rings. The molecule has 0 saturated heterocycles. The molecule has 0 saturated carbocycles. The number of nitrogens with one attached hydrogen (secondary N) is 1. The number of nitrogens with two attached hydrogens (primary N) is 2. The second kappa shape index (κ2) is 3.59. The topological polar surface area (TPSA) is 98.2 Å². The zero-order chi connectivity index (χ0) is 10.1. The summed E-state index contributed by atoms with van der Waals surface area (Å²) in [6.45, 7) is 1.87.